The Morgan fingerprint density at radius 3 is 2.12 bits per heavy atom. The minimum absolute atomic E-state index is 0.284. The van der Waals surface area contributed by atoms with Crippen LogP contribution < -0.4 is 0 Å². The lowest BCUT2D eigenvalue weighted by Crippen LogP contribution is -2.18. The summed E-state index contributed by atoms with van der Waals surface area (Å²) in [6.07, 6.45) is 3.73. The molecule has 1 heteroatoms. The van der Waals surface area contributed by atoms with Gasteiger partial charge in [0.1, 0.15) is 5.75 Å². The summed E-state index contributed by atoms with van der Waals surface area (Å²) in [6, 6.07) is 7.70. The molecule has 1 aromatic rings. The van der Waals surface area contributed by atoms with Gasteiger partial charge in [0.2, 0.25) is 0 Å². The minimum Gasteiger partial charge on any atom is -0.508 e. The van der Waals surface area contributed by atoms with Crippen molar-refractivity contribution in [3.05, 3.63) is 29.8 Å². The summed E-state index contributed by atoms with van der Waals surface area (Å²) in [5, 5.41) is 9.32. The molecule has 1 nitrogen and oxygen atoms in total. The number of phenols is 1. The molecular formula is C15H24O. The molecule has 0 bridgehead atoms. The lowest BCUT2D eigenvalue weighted by Gasteiger charge is -2.31. The summed E-state index contributed by atoms with van der Waals surface area (Å²) in [7, 11) is 0. The zero-order valence-electron chi connectivity index (χ0n) is 11.0. The van der Waals surface area contributed by atoms with Crippen molar-refractivity contribution in [1.82, 2.24) is 0 Å². The van der Waals surface area contributed by atoms with Gasteiger partial charge in [-0.2, -0.15) is 0 Å². The van der Waals surface area contributed by atoms with Crippen molar-refractivity contribution in [3.63, 3.8) is 0 Å². The highest BCUT2D eigenvalue weighted by atomic mass is 16.3. The quantitative estimate of drug-likeness (QED) is 0.779. The van der Waals surface area contributed by atoms with Crippen molar-refractivity contribution in [2.45, 2.75) is 52.9 Å². The molecule has 0 saturated heterocycles. The molecule has 0 aliphatic carbocycles. The highest BCUT2D eigenvalue weighted by Gasteiger charge is 2.25. The van der Waals surface area contributed by atoms with Crippen LogP contribution >= 0.6 is 0 Å². The maximum absolute atomic E-state index is 9.32. The van der Waals surface area contributed by atoms with Crippen LogP contribution in [-0.2, 0) is 0 Å². The smallest absolute Gasteiger partial charge is 0.115 e. The standard InChI is InChI=1S/C15H24O/c1-5-6-7-14(15(2,3)4)12-8-10-13(16)11-9-12/h8-11,14,16H,5-7H2,1-4H3. The number of hydrogen-bond donors (Lipinski definition) is 1. The van der Waals surface area contributed by atoms with Gasteiger partial charge in [-0.15, -0.1) is 0 Å². The highest BCUT2D eigenvalue weighted by molar-refractivity contribution is 5.29. The molecule has 1 aromatic carbocycles. The van der Waals surface area contributed by atoms with Crippen molar-refractivity contribution < 1.29 is 5.11 Å². The number of hydrogen-bond acceptors (Lipinski definition) is 1. The second-order valence-corrected chi connectivity index (χ2v) is 5.65. The third-order valence-electron chi connectivity index (χ3n) is 3.19. The summed E-state index contributed by atoms with van der Waals surface area (Å²) in [5.41, 5.74) is 1.63. The summed E-state index contributed by atoms with van der Waals surface area (Å²) < 4.78 is 0. The van der Waals surface area contributed by atoms with Gasteiger partial charge in [-0.3, -0.25) is 0 Å². The highest BCUT2D eigenvalue weighted by Crippen LogP contribution is 2.39. The van der Waals surface area contributed by atoms with Crippen molar-refractivity contribution in [3.8, 4) is 5.75 Å². The number of phenolic OH excluding ortho intramolecular Hbond substituents is 1. The van der Waals surface area contributed by atoms with E-state index in [-0.39, 0.29) is 5.41 Å². The SMILES string of the molecule is CCCCC(c1ccc(O)cc1)C(C)(C)C. The Morgan fingerprint density at radius 2 is 1.69 bits per heavy atom. The molecule has 0 aliphatic heterocycles. The predicted molar refractivity (Wildman–Crippen MR) is 69.8 cm³/mol. The molecule has 1 rings (SSSR count). The largest absolute Gasteiger partial charge is 0.508 e. The zero-order chi connectivity index (χ0) is 12.2. The van der Waals surface area contributed by atoms with E-state index in [0.717, 1.165) is 0 Å². The Kier molecular flexibility index (Phi) is 4.40. The Balaban J connectivity index is 2.88. The van der Waals surface area contributed by atoms with E-state index in [4.69, 9.17) is 0 Å². The van der Waals surface area contributed by atoms with Crippen LogP contribution in [0.25, 0.3) is 0 Å². The van der Waals surface area contributed by atoms with Crippen LogP contribution in [0.4, 0.5) is 0 Å². The average molecular weight is 220 g/mol. The van der Waals surface area contributed by atoms with Crippen LogP contribution in [-0.4, -0.2) is 5.11 Å². The van der Waals surface area contributed by atoms with Crippen molar-refractivity contribution in [2.24, 2.45) is 5.41 Å². The number of rotatable bonds is 4. The molecule has 0 saturated carbocycles. The minimum atomic E-state index is 0.284. The van der Waals surface area contributed by atoms with E-state index < -0.39 is 0 Å². The molecule has 0 spiro atoms. The van der Waals surface area contributed by atoms with Gasteiger partial charge in [0.15, 0.2) is 0 Å². The van der Waals surface area contributed by atoms with E-state index in [0.29, 0.717) is 11.7 Å². The van der Waals surface area contributed by atoms with E-state index >= 15 is 0 Å². The number of aromatic hydroxyl groups is 1. The van der Waals surface area contributed by atoms with Crippen molar-refractivity contribution in [1.29, 1.82) is 0 Å². The van der Waals surface area contributed by atoms with Crippen molar-refractivity contribution in [2.75, 3.05) is 0 Å². The summed E-state index contributed by atoms with van der Waals surface area (Å²) in [5.74, 6) is 0.931. The van der Waals surface area contributed by atoms with Crippen LogP contribution in [0.3, 0.4) is 0 Å². The van der Waals surface area contributed by atoms with Gasteiger partial charge in [-0.1, -0.05) is 52.7 Å². The van der Waals surface area contributed by atoms with Gasteiger partial charge in [-0.25, -0.2) is 0 Å². The van der Waals surface area contributed by atoms with Crippen LogP contribution in [0.1, 0.15) is 58.4 Å². The fourth-order valence-corrected chi connectivity index (χ4v) is 2.21. The van der Waals surface area contributed by atoms with Crippen molar-refractivity contribution >= 4 is 0 Å². The molecule has 1 unspecified atom stereocenters. The van der Waals surface area contributed by atoms with Crippen LogP contribution in [0.2, 0.25) is 0 Å². The van der Waals surface area contributed by atoms with Crippen LogP contribution in [0.5, 0.6) is 5.75 Å². The summed E-state index contributed by atoms with van der Waals surface area (Å²) >= 11 is 0. The third-order valence-corrected chi connectivity index (χ3v) is 3.19. The summed E-state index contributed by atoms with van der Waals surface area (Å²) in [6.45, 7) is 9.11. The first kappa shape index (κ1) is 13.1. The molecule has 1 atom stereocenters. The predicted octanol–water partition coefficient (Wildman–Crippen LogP) is 4.71. The summed E-state index contributed by atoms with van der Waals surface area (Å²) in [4.78, 5) is 0. The van der Waals surface area contributed by atoms with Gasteiger partial charge in [-0.05, 0) is 35.4 Å². The first-order valence-electron chi connectivity index (χ1n) is 6.24. The van der Waals surface area contributed by atoms with Gasteiger partial charge in [0.25, 0.3) is 0 Å². The molecule has 0 fully saturated rings. The molecule has 90 valence electrons. The lowest BCUT2D eigenvalue weighted by atomic mass is 9.74. The van der Waals surface area contributed by atoms with E-state index in [9.17, 15) is 5.11 Å². The Bertz CT molecular complexity index is 305. The normalized spacial score (nSPS) is 13.8. The maximum Gasteiger partial charge on any atom is 0.115 e. The second kappa shape index (κ2) is 5.38. The molecule has 0 radical (unpaired) electrons. The third kappa shape index (κ3) is 3.55. The van der Waals surface area contributed by atoms with E-state index in [1.807, 2.05) is 0 Å². The van der Waals surface area contributed by atoms with Crippen LogP contribution in [0, 0.1) is 5.41 Å². The topological polar surface area (TPSA) is 20.2 Å². The first-order chi connectivity index (χ1) is 7.45. The Labute approximate surface area is 99.5 Å². The Hall–Kier alpha value is -0.980. The molecule has 0 amide bonds. The number of unbranched alkanes of at least 4 members (excludes halogenated alkanes) is 1. The van der Waals surface area contributed by atoms with E-state index in [1.54, 1.807) is 12.1 Å². The van der Waals surface area contributed by atoms with Gasteiger partial charge < -0.3 is 5.11 Å². The monoisotopic (exact) mass is 220 g/mol. The molecule has 0 heterocycles. The molecule has 16 heavy (non-hydrogen) atoms. The Morgan fingerprint density at radius 1 is 1.12 bits per heavy atom. The van der Waals surface area contributed by atoms with Gasteiger partial charge in [0, 0.05) is 0 Å². The van der Waals surface area contributed by atoms with Gasteiger partial charge in [0.05, 0.1) is 0 Å². The first-order valence-corrected chi connectivity index (χ1v) is 6.24. The average Bonchev–Trinajstić information content (AvgIpc) is 2.19. The number of benzene rings is 1. The molecule has 0 aromatic heterocycles. The molecule has 1 N–H and O–H groups in total. The molecular weight excluding hydrogens is 196 g/mol. The van der Waals surface area contributed by atoms with Gasteiger partial charge >= 0.3 is 0 Å². The fourth-order valence-electron chi connectivity index (χ4n) is 2.21. The van der Waals surface area contributed by atoms with E-state index in [2.05, 4.69) is 39.8 Å². The van der Waals surface area contributed by atoms with Crippen LogP contribution in [0.15, 0.2) is 24.3 Å². The fraction of sp³-hybridized carbons (Fsp3) is 0.600. The zero-order valence-corrected chi connectivity index (χ0v) is 11.0. The maximum atomic E-state index is 9.32. The van der Waals surface area contributed by atoms with E-state index in [1.165, 1.54) is 24.8 Å². The lowest BCUT2D eigenvalue weighted by molar-refractivity contribution is 0.299. The molecule has 0 aliphatic rings. The second-order valence-electron chi connectivity index (χ2n) is 5.65.